The molecule has 0 spiro atoms. The zero-order valence-corrected chi connectivity index (χ0v) is 7.77. The van der Waals surface area contributed by atoms with Crippen molar-refractivity contribution in [1.82, 2.24) is 4.90 Å². The van der Waals surface area contributed by atoms with E-state index in [2.05, 4.69) is 0 Å². The van der Waals surface area contributed by atoms with E-state index in [-0.39, 0.29) is 0 Å². The number of hydrogen-bond acceptors (Lipinski definition) is 2. The summed E-state index contributed by atoms with van der Waals surface area (Å²) in [4.78, 5) is 1.48. The number of hydrogen-bond donors (Lipinski definition) is 1. The van der Waals surface area contributed by atoms with Crippen LogP contribution in [0.4, 0.5) is 13.2 Å². The highest BCUT2D eigenvalue weighted by molar-refractivity contribution is 4.67. The molecule has 0 radical (unpaired) electrons. The van der Waals surface area contributed by atoms with E-state index < -0.39 is 12.7 Å². The van der Waals surface area contributed by atoms with Gasteiger partial charge in [-0.15, -0.1) is 0 Å². The topological polar surface area (TPSA) is 23.5 Å². The number of likely N-dealkylation sites (tertiary alicyclic amines) is 1. The second-order valence-corrected chi connectivity index (χ2v) is 2.95. The van der Waals surface area contributed by atoms with Crippen LogP contribution in [0.25, 0.3) is 0 Å². The molecule has 1 N–H and O–H groups in total. The average molecular weight is 199 g/mol. The molecule has 1 aliphatic rings. The fourth-order valence-corrected chi connectivity index (χ4v) is 1.37. The minimum atomic E-state index is -4.02. The number of aliphatic hydroxyl groups is 1. The third-order valence-electron chi connectivity index (χ3n) is 1.85. The van der Waals surface area contributed by atoms with Crippen molar-refractivity contribution >= 4 is 0 Å². The summed E-state index contributed by atoms with van der Waals surface area (Å²) in [6.07, 6.45) is -1.11. The van der Waals surface area contributed by atoms with Crippen molar-refractivity contribution in [3.8, 4) is 0 Å². The summed E-state index contributed by atoms with van der Waals surface area (Å²) >= 11 is 0. The van der Waals surface area contributed by atoms with Gasteiger partial charge in [0.2, 0.25) is 0 Å². The molecule has 1 fully saturated rings. The maximum atomic E-state index is 11.8. The second kappa shape index (κ2) is 6.21. The lowest BCUT2D eigenvalue weighted by Crippen LogP contribution is -2.37. The van der Waals surface area contributed by atoms with Crippen LogP contribution < -0.4 is 0 Å². The molecule has 2 nitrogen and oxygen atoms in total. The van der Waals surface area contributed by atoms with Gasteiger partial charge in [-0.1, -0.05) is 6.42 Å². The SMILES string of the molecule is CO.FC(F)(F)CN1CCCCC1. The van der Waals surface area contributed by atoms with E-state index in [1.807, 2.05) is 0 Å². The first kappa shape index (κ1) is 12.7. The lowest BCUT2D eigenvalue weighted by molar-refractivity contribution is -0.147. The van der Waals surface area contributed by atoms with Gasteiger partial charge in [0.05, 0.1) is 6.54 Å². The third-order valence-corrected chi connectivity index (χ3v) is 1.85. The monoisotopic (exact) mass is 199 g/mol. The molecule has 0 bridgehead atoms. The molecule has 0 unspecified atom stereocenters. The molecule has 1 rings (SSSR count). The lowest BCUT2D eigenvalue weighted by Gasteiger charge is -2.26. The minimum Gasteiger partial charge on any atom is -0.400 e. The molecule has 1 aliphatic heterocycles. The van der Waals surface area contributed by atoms with Crippen molar-refractivity contribution in [3.63, 3.8) is 0 Å². The molecule has 0 aromatic rings. The van der Waals surface area contributed by atoms with Gasteiger partial charge in [0, 0.05) is 7.11 Å². The summed E-state index contributed by atoms with van der Waals surface area (Å²) in [5.41, 5.74) is 0. The van der Waals surface area contributed by atoms with Crippen molar-refractivity contribution in [2.24, 2.45) is 0 Å². The molecule has 1 heterocycles. The van der Waals surface area contributed by atoms with E-state index in [4.69, 9.17) is 5.11 Å². The Morgan fingerprint density at radius 3 is 1.92 bits per heavy atom. The molecular formula is C8H16F3NO. The Morgan fingerprint density at radius 2 is 1.54 bits per heavy atom. The first-order valence-electron chi connectivity index (χ1n) is 4.32. The second-order valence-electron chi connectivity index (χ2n) is 2.95. The van der Waals surface area contributed by atoms with Gasteiger partial charge in [0.1, 0.15) is 0 Å². The highest BCUT2D eigenvalue weighted by Crippen LogP contribution is 2.19. The number of rotatable bonds is 1. The fraction of sp³-hybridized carbons (Fsp3) is 1.00. The maximum Gasteiger partial charge on any atom is 0.401 e. The molecule has 80 valence electrons. The van der Waals surface area contributed by atoms with E-state index in [9.17, 15) is 13.2 Å². The summed E-state index contributed by atoms with van der Waals surface area (Å²) in [5.74, 6) is 0. The van der Waals surface area contributed by atoms with Crippen molar-refractivity contribution in [2.75, 3.05) is 26.7 Å². The Bertz CT molecular complexity index is 121. The Balaban J connectivity index is 0.000000671. The Hall–Kier alpha value is -0.290. The normalized spacial score (nSPS) is 19.2. The van der Waals surface area contributed by atoms with Crippen molar-refractivity contribution < 1.29 is 18.3 Å². The van der Waals surface area contributed by atoms with Crippen LogP contribution in [0.2, 0.25) is 0 Å². The van der Waals surface area contributed by atoms with Crippen LogP contribution >= 0.6 is 0 Å². The number of alkyl halides is 3. The Kier molecular flexibility index (Phi) is 6.07. The molecule has 5 heteroatoms. The van der Waals surface area contributed by atoms with E-state index in [1.165, 1.54) is 4.90 Å². The van der Waals surface area contributed by atoms with Gasteiger partial charge in [0.15, 0.2) is 0 Å². The van der Waals surface area contributed by atoms with Gasteiger partial charge in [-0.05, 0) is 25.9 Å². The van der Waals surface area contributed by atoms with E-state index in [1.54, 1.807) is 0 Å². The number of nitrogens with zero attached hydrogens (tertiary/aromatic N) is 1. The standard InChI is InChI=1S/C7H12F3N.CH4O/c8-7(9,10)6-11-4-2-1-3-5-11;1-2/h1-6H2;2H,1H3. The Labute approximate surface area is 76.3 Å². The van der Waals surface area contributed by atoms with E-state index in [0.717, 1.165) is 26.4 Å². The predicted octanol–water partition coefficient (Wildman–Crippen LogP) is 1.64. The zero-order chi connectivity index (χ0) is 10.3. The highest BCUT2D eigenvalue weighted by Gasteiger charge is 2.30. The summed E-state index contributed by atoms with van der Waals surface area (Å²) < 4.78 is 35.4. The molecular weight excluding hydrogens is 183 g/mol. The average Bonchev–Trinajstić information content (AvgIpc) is 2.07. The van der Waals surface area contributed by atoms with Gasteiger partial charge in [-0.2, -0.15) is 13.2 Å². The third kappa shape index (κ3) is 6.83. The van der Waals surface area contributed by atoms with Gasteiger partial charge in [-0.3, -0.25) is 4.90 Å². The fourth-order valence-electron chi connectivity index (χ4n) is 1.37. The summed E-state index contributed by atoms with van der Waals surface area (Å²) in [6.45, 7) is 0.492. The molecule has 0 saturated carbocycles. The van der Waals surface area contributed by atoms with Gasteiger partial charge in [0.25, 0.3) is 0 Å². The molecule has 0 aromatic heterocycles. The van der Waals surface area contributed by atoms with Crippen LogP contribution in [0.3, 0.4) is 0 Å². The molecule has 13 heavy (non-hydrogen) atoms. The minimum absolute atomic E-state index is 0.611. The summed E-state index contributed by atoms with van der Waals surface area (Å²) in [6, 6.07) is 0. The van der Waals surface area contributed by atoms with Crippen LogP contribution in [-0.2, 0) is 0 Å². The van der Waals surface area contributed by atoms with Crippen LogP contribution in [-0.4, -0.2) is 42.9 Å². The first-order valence-corrected chi connectivity index (χ1v) is 4.32. The number of piperidine rings is 1. The highest BCUT2D eigenvalue weighted by atomic mass is 19.4. The van der Waals surface area contributed by atoms with Crippen LogP contribution in [0.1, 0.15) is 19.3 Å². The predicted molar refractivity (Wildman–Crippen MR) is 44.5 cm³/mol. The van der Waals surface area contributed by atoms with E-state index in [0.29, 0.717) is 13.1 Å². The van der Waals surface area contributed by atoms with Gasteiger partial charge in [-0.25, -0.2) is 0 Å². The molecule has 0 amide bonds. The quantitative estimate of drug-likeness (QED) is 0.694. The van der Waals surface area contributed by atoms with Crippen molar-refractivity contribution in [3.05, 3.63) is 0 Å². The number of halogens is 3. The summed E-state index contributed by atoms with van der Waals surface area (Å²) in [7, 11) is 1.00. The maximum absolute atomic E-state index is 11.8. The molecule has 0 atom stereocenters. The molecule has 0 aliphatic carbocycles. The summed E-state index contributed by atoms with van der Waals surface area (Å²) in [5, 5.41) is 7.00. The molecule has 1 saturated heterocycles. The van der Waals surface area contributed by atoms with Gasteiger partial charge >= 0.3 is 6.18 Å². The van der Waals surface area contributed by atoms with Crippen molar-refractivity contribution in [2.45, 2.75) is 25.4 Å². The van der Waals surface area contributed by atoms with Crippen molar-refractivity contribution in [1.29, 1.82) is 0 Å². The molecule has 0 aromatic carbocycles. The zero-order valence-electron chi connectivity index (χ0n) is 7.77. The van der Waals surface area contributed by atoms with Gasteiger partial charge < -0.3 is 5.11 Å². The largest absolute Gasteiger partial charge is 0.401 e. The van der Waals surface area contributed by atoms with Crippen LogP contribution in [0, 0.1) is 0 Å². The van der Waals surface area contributed by atoms with Crippen LogP contribution in [0.5, 0.6) is 0 Å². The number of aliphatic hydroxyl groups excluding tert-OH is 1. The van der Waals surface area contributed by atoms with Crippen LogP contribution in [0.15, 0.2) is 0 Å². The van der Waals surface area contributed by atoms with E-state index >= 15 is 0 Å². The Morgan fingerprint density at radius 1 is 1.08 bits per heavy atom. The smallest absolute Gasteiger partial charge is 0.400 e. The lowest BCUT2D eigenvalue weighted by atomic mass is 10.1. The first-order chi connectivity index (χ1) is 6.08.